The Morgan fingerprint density at radius 2 is 1.05 bits per heavy atom. The quantitative estimate of drug-likeness (QED) is 0.573. The van der Waals surface area contributed by atoms with Gasteiger partial charge in [-0.3, -0.25) is 0 Å². The summed E-state index contributed by atoms with van der Waals surface area (Å²) in [6.45, 7) is 14.7. The van der Waals surface area contributed by atoms with E-state index in [1.54, 1.807) is 0 Å². The smallest absolute Gasteiger partial charge is 0.0473 e. The van der Waals surface area contributed by atoms with Crippen LogP contribution < -0.4 is 0 Å². The minimum Gasteiger partial charge on any atom is -0.160 e. The Morgan fingerprint density at radius 1 is 0.682 bits per heavy atom. The molecule has 0 amide bonds. The fraction of sp³-hybridized carbons (Fsp3) is 0.900. The second-order valence-electron chi connectivity index (χ2n) is 10.1. The molecule has 0 aromatic heterocycles. The highest BCUT2D eigenvalue weighted by atomic mass is 15.2. The summed E-state index contributed by atoms with van der Waals surface area (Å²) in [5.74, 6) is 1.65. The Hall–Kier alpha value is -0.660. The molecular weight excluding hydrogens is 268 g/mol. The van der Waals surface area contributed by atoms with Crippen LogP contribution in [0.15, 0.2) is 10.2 Å². The van der Waals surface area contributed by atoms with E-state index in [1.165, 1.54) is 49.9 Å². The van der Waals surface area contributed by atoms with E-state index in [0.717, 1.165) is 11.8 Å². The van der Waals surface area contributed by atoms with Crippen LogP contribution in [0.4, 0.5) is 0 Å². The molecule has 2 heteroatoms. The van der Waals surface area contributed by atoms with E-state index in [-0.39, 0.29) is 10.8 Å². The molecular formula is C20H32N2. The molecule has 2 nitrogen and oxygen atoms in total. The lowest BCUT2D eigenvalue weighted by molar-refractivity contribution is 0.193. The van der Waals surface area contributed by atoms with Crippen molar-refractivity contribution < 1.29 is 0 Å². The van der Waals surface area contributed by atoms with Crippen LogP contribution in [0.2, 0.25) is 0 Å². The van der Waals surface area contributed by atoms with Crippen LogP contribution >= 0.6 is 0 Å². The zero-order valence-corrected chi connectivity index (χ0v) is 15.3. The first-order valence-corrected chi connectivity index (χ1v) is 9.27. The highest BCUT2D eigenvalue weighted by Crippen LogP contribution is 2.65. The molecule has 4 aliphatic rings. The molecule has 0 radical (unpaired) electrons. The standard InChI is InChI=1S/C20H32N2/c1-17(2)13-7-9-19(17,5)15(11-13)21-22-16-12-14-8-10-20(16,6)18(14,3)4/h13-14H,7-12H2,1-6H3/b21-15-,22-16+. The van der Waals surface area contributed by atoms with Gasteiger partial charge in [0.1, 0.15) is 0 Å². The molecule has 0 N–H and O–H groups in total. The molecule has 0 saturated heterocycles. The van der Waals surface area contributed by atoms with Crippen molar-refractivity contribution in [2.24, 2.45) is 43.7 Å². The van der Waals surface area contributed by atoms with Gasteiger partial charge in [0, 0.05) is 22.3 Å². The molecule has 22 heavy (non-hydrogen) atoms. The van der Waals surface area contributed by atoms with Crippen molar-refractivity contribution in [3.8, 4) is 0 Å². The van der Waals surface area contributed by atoms with Crippen molar-refractivity contribution in [2.45, 2.75) is 80.1 Å². The summed E-state index contributed by atoms with van der Waals surface area (Å²) in [7, 11) is 0. The third kappa shape index (κ3) is 1.48. The van der Waals surface area contributed by atoms with Gasteiger partial charge in [-0.2, -0.15) is 10.2 Å². The maximum absolute atomic E-state index is 4.89. The van der Waals surface area contributed by atoms with Crippen LogP contribution in [-0.4, -0.2) is 11.4 Å². The number of rotatable bonds is 1. The number of hydrogen-bond acceptors (Lipinski definition) is 2. The van der Waals surface area contributed by atoms with Crippen molar-refractivity contribution in [3.05, 3.63) is 0 Å². The Balaban J connectivity index is 1.67. The average Bonchev–Trinajstić information content (AvgIpc) is 2.95. The van der Waals surface area contributed by atoms with E-state index < -0.39 is 0 Å². The number of nitrogens with zero attached hydrogens (tertiary/aromatic N) is 2. The summed E-state index contributed by atoms with van der Waals surface area (Å²) in [6, 6.07) is 0. The molecule has 4 atom stereocenters. The predicted molar refractivity (Wildman–Crippen MR) is 93.3 cm³/mol. The molecule has 0 aliphatic heterocycles. The van der Waals surface area contributed by atoms with Gasteiger partial charge in [0.25, 0.3) is 0 Å². The predicted octanol–water partition coefficient (Wildman–Crippen LogP) is 5.48. The lowest BCUT2D eigenvalue weighted by Crippen LogP contribution is -2.33. The van der Waals surface area contributed by atoms with Gasteiger partial charge in [0.05, 0.1) is 0 Å². The zero-order valence-electron chi connectivity index (χ0n) is 15.3. The van der Waals surface area contributed by atoms with Gasteiger partial charge < -0.3 is 0 Å². The van der Waals surface area contributed by atoms with E-state index in [1.807, 2.05) is 0 Å². The topological polar surface area (TPSA) is 24.7 Å². The molecule has 4 bridgehead atoms. The summed E-state index contributed by atoms with van der Waals surface area (Å²) in [5.41, 5.74) is 4.18. The fourth-order valence-electron chi connectivity index (χ4n) is 6.28. The summed E-state index contributed by atoms with van der Waals surface area (Å²) in [4.78, 5) is 0. The Bertz CT molecular complexity index is 531. The van der Waals surface area contributed by atoms with Gasteiger partial charge in [-0.05, 0) is 61.2 Å². The highest BCUT2D eigenvalue weighted by molar-refractivity contribution is 5.97. The first-order chi connectivity index (χ1) is 10.1. The molecule has 0 aromatic carbocycles. The first-order valence-electron chi connectivity index (χ1n) is 9.27. The van der Waals surface area contributed by atoms with Gasteiger partial charge >= 0.3 is 0 Å². The largest absolute Gasteiger partial charge is 0.160 e. The number of hydrogen-bond donors (Lipinski definition) is 0. The minimum absolute atomic E-state index is 0.287. The third-order valence-electron chi connectivity index (χ3n) is 9.32. The van der Waals surface area contributed by atoms with Gasteiger partial charge in [-0.1, -0.05) is 41.5 Å². The molecule has 122 valence electrons. The van der Waals surface area contributed by atoms with Crippen LogP contribution in [0.3, 0.4) is 0 Å². The van der Waals surface area contributed by atoms with Crippen molar-refractivity contribution in [1.82, 2.24) is 0 Å². The van der Waals surface area contributed by atoms with Crippen molar-refractivity contribution >= 4 is 11.4 Å². The van der Waals surface area contributed by atoms with Crippen LogP contribution in [0.5, 0.6) is 0 Å². The molecule has 0 heterocycles. The Morgan fingerprint density at radius 3 is 1.27 bits per heavy atom. The summed E-state index contributed by atoms with van der Waals surface area (Å²) in [6.07, 6.45) is 7.74. The summed E-state index contributed by atoms with van der Waals surface area (Å²) >= 11 is 0. The van der Waals surface area contributed by atoms with E-state index in [0.29, 0.717) is 10.8 Å². The van der Waals surface area contributed by atoms with Crippen LogP contribution in [-0.2, 0) is 0 Å². The van der Waals surface area contributed by atoms with Crippen molar-refractivity contribution in [1.29, 1.82) is 0 Å². The monoisotopic (exact) mass is 300 g/mol. The van der Waals surface area contributed by atoms with Gasteiger partial charge in [0.15, 0.2) is 0 Å². The van der Waals surface area contributed by atoms with Crippen molar-refractivity contribution in [2.75, 3.05) is 0 Å². The molecule has 4 rings (SSSR count). The maximum Gasteiger partial charge on any atom is 0.0473 e. The van der Waals surface area contributed by atoms with E-state index in [2.05, 4.69) is 41.5 Å². The molecule has 4 saturated carbocycles. The van der Waals surface area contributed by atoms with Gasteiger partial charge in [-0.25, -0.2) is 0 Å². The number of fused-ring (bicyclic) bond motifs is 4. The molecule has 4 aliphatic carbocycles. The second-order valence-corrected chi connectivity index (χ2v) is 10.1. The van der Waals surface area contributed by atoms with Gasteiger partial charge in [0.2, 0.25) is 0 Å². The van der Waals surface area contributed by atoms with Crippen LogP contribution in [0.1, 0.15) is 80.1 Å². The molecule has 4 fully saturated rings. The van der Waals surface area contributed by atoms with Crippen LogP contribution in [0, 0.1) is 33.5 Å². The van der Waals surface area contributed by atoms with Crippen molar-refractivity contribution in [3.63, 3.8) is 0 Å². The zero-order chi connectivity index (χ0) is 16.0. The van der Waals surface area contributed by atoms with E-state index >= 15 is 0 Å². The van der Waals surface area contributed by atoms with Gasteiger partial charge in [-0.15, -0.1) is 0 Å². The SMILES string of the molecule is CC12CCC(C/C1=N/N=C1\CC3CCC1(C)C3(C)C)C2(C)C. The van der Waals surface area contributed by atoms with E-state index in [9.17, 15) is 0 Å². The fourth-order valence-corrected chi connectivity index (χ4v) is 6.28. The molecule has 4 unspecified atom stereocenters. The highest BCUT2D eigenvalue weighted by Gasteiger charge is 2.61. The third-order valence-corrected chi connectivity index (χ3v) is 9.32. The normalized spacial score (nSPS) is 51.4. The van der Waals surface area contributed by atoms with E-state index in [4.69, 9.17) is 10.2 Å². The van der Waals surface area contributed by atoms with Crippen LogP contribution in [0.25, 0.3) is 0 Å². The minimum atomic E-state index is 0.287. The first kappa shape index (κ1) is 14.9. The maximum atomic E-state index is 4.89. The molecule has 0 aromatic rings. The second kappa shape index (κ2) is 4.05. The Kier molecular flexibility index (Phi) is 2.74. The average molecular weight is 300 g/mol. The molecule has 0 spiro atoms. The Labute approximate surface area is 135 Å². The summed E-state index contributed by atoms with van der Waals surface area (Å²) < 4.78 is 0. The lowest BCUT2D eigenvalue weighted by Gasteiger charge is -2.35. The summed E-state index contributed by atoms with van der Waals surface area (Å²) in [5, 5.41) is 9.78. The lowest BCUT2D eigenvalue weighted by atomic mass is 9.70.